The van der Waals surface area contributed by atoms with Gasteiger partial charge in [-0.25, -0.2) is 0 Å². The highest BCUT2D eigenvalue weighted by Crippen LogP contribution is 2.55. The van der Waals surface area contributed by atoms with E-state index in [1.54, 1.807) is 12.1 Å². The van der Waals surface area contributed by atoms with Gasteiger partial charge in [0.1, 0.15) is 0 Å². The van der Waals surface area contributed by atoms with E-state index in [1.807, 2.05) is 6.07 Å². The average molecular weight is 297 g/mol. The van der Waals surface area contributed by atoms with Gasteiger partial charge in [-0.15, -0.1) is 0 Å². The molecule has 0 saturated carbocycles. The lowest BCUT2D eigenvalue weighted by Crippen LogP contribution is -2.29. The lowest BCUT2D eigenvalue weighted by atomic mass is 9.61. The summed E-state index contributed by atoms with van der Waals surface area (Å²) in [6.07, 6.45) is 0. The van der Waals surface area contributed by atoms with Crippen molar-refractivity contribution in [1.29, 1.82) is 0 Å². The summed E-state index contributed by atoms with van der Waals surface area (Å²) in [6, 6.07) is 22.4. The molecule has 2 heteroatoms. The zero-order valence-electron chi connectivity index (χ0n) is 12.3. The maximum absolute atomic E-state index is 11.3. The first-order valence-electron chi connectivity index (χ1n) is 7.78. The summed E-state index contributed by atoms with van der Waals surface area (Å²) in [5.41, 5.74) is 7.84. The van der Waals surface area contributed by atoms with Crippen LogP contribution < -0.4 is 5.11 Å². The second-order valence-corrected chi connectivity index (χ2v) is 6.26. The van der Waals surface area contributed by atoms with Crippen LogP contribution in [-0.2, 0) is 0 Å². The Bertz CT molecular complexity index is 924. The number of carbonyl (C=O) groups excluding carboxylic acids is 1. The van der Waals surface area contributed by atoms with Crippen molar-refractivity contribution in [3.63, 3.8) is 0 Å². The SMILES string of the molecule is O=C([O-])c1ccc2c(c1)C1c3ccccc3C2c2ccccc21. The molecule has 23 heavy (non-hydrogen) atoms. The highest BCUT2D eigenvalue weighted by molar-refractivity contribution is 5.87. The fourth-order valence-corrected chi connectivity index (χ4v) is 4.29. The number of hydrogen-bond acceptors (Lipinski definition) is 2. The highest BCUT2D eigenvalue weighted by atomic mass is 16.4. The van der Waals surface area contributed by atoms with Gasteiger partial charge in [-0.05, 0) is 45.0 Å². The number of carboxylic acid groups (broad SMARTS) is 1. The standard InChI is InChI=1S/C21H14O2/c22-21(23)12-9-10-17-18(11-12)20-15-7-3-1-5-13(15)19(17)14-6-2-4-8-16(14)20/h1-11,19-20H,(H,22,23)/p-1. The zero-order valence-corrected chi connectivity index (χ0v) is 12.3. The topological polar surface area (TPSA) is 40.1 Å². The summed E-state index contributed by atoms with van der Waals surface area (Å²) < 4.78 is 0. The Hall–Kier alpha value is -2.87. The van der Waals surface area contributed by atoms with Gasteiger partial charge in [0, 0.05) is 11.8 Å². The summed E-state index contributed by atoms with van der Waals surface area (Å²) in [6.45, 7) is 0. The predicted octanol–water partition coefficient (Wildman–Crippen LogP) is 3.04. The van der Waals surface area contributed by atoms with E-state index in [4.69, 9.17) is 0 Å². The molecular weight excluding hydrogens is 284 g/mol. The van der Waals surface area contributed by atoms with Crippen molar-refractivity contribution >= 4 is 5.97 Å². The second kappa shape index (κ2) is 4.32. The molecule has 110 valence electrons. The minimum Gasteiger partial charge on any atom is -0.545 e. The van der Waals surface area contributed by atoms with E-state index in [0.29, 0.717) is 0 Å². The molecule has 0 aliphatic heterocycles. The van der Waals surface area contributed by atoms with Crippen LogP contribution in [0.3, 0.4) is 0 Å². The second-order valence-electron chi connectivity index (χ2n) is 6.26. The number of carboxylic acids is 1. The molecule has 3 aromatic carbocycles. The van der Waals surface area contributed by atoms with E-state index < -0.39 is 5.97 Å². The fraction of sp³-hybridized carbons (Fsp3) is 0.0952. The van der Waals surface area contributed by atoms with Crippen LogP contribution in [0, 0.1) is 0 Å². The first kappa shape index (κ1) is 12.7. The predicted molar refractivity (Wildman–Crippen MR) is 85.5 cm³/mol. The molecule has 0 aromatic heterocycles. The molecule has 0 amide bonds. The van der Waals surface area contributed by atoms with Crippen LogP contribution in [0.5, 0.6) is 0 Å². The summed E-state index contributed by atoms with van der Waals surface area (Å²) in [7, 11) is 0. The molecule has 0 radical (unpaired) electrons. The Kier molecular flexibility index (Phi) is 2.38. The third-order valence-corrected chi connectivity index (χ3v) is 5.18. The molecule has 3 aliphatic rings. The Morgan fingerprint density at radius 1 is 0.652 bits per heavy atom. The fourth-order valence-electron chi connectivity index (χ4n) is 4.29. The van der Waals surface area contributed by atoms with Crippen LogP contribution in [0.15, 0.2) is 66.7 Å². The van der Waals surface area contributed by atoms with Gasteiger partial charge in [0.25, 0.3) is 0 Å². The van der Waals surface area contributed by atoms with Crippen molar-refractivity contribution in [2.75, 3.05) is 0 Å². The summed E-state index contributed by atoms with van der Waals surface area (Å²) >= 11 is 0. The van der Waals surface area contributed by atoms with Crippen LogP contribution in [0.25, 0.3) is 0 Å². The molecule has 0 unspecified atom stereocenters. The molecule has 0 saturated heterocycles. The summed E-state index contributed by atoms with van der Waals surface area (Å²) in [5.74, 6) is -0.810. The van der Waals surface area contributed by atoms with E-state index in [0.717, 1.165) is 5.56 Å². The molecule has 0 fully saturated rings. The molecule has 3 aromatic rings. The van der Waals surface area contributed by atoms with E-state index >= 15 is 0 Å². The van der Waals surface area contributed by atoms with Gasteiger partial charge < -0.3 is 9.90 Å². The van der Waals surface area contributed by atoms with Crippen molar-refractivity contribution in [1.82, 2.24) is 0 Å². The molecule has 2 nitrogen and oxygen atoms in total. The number of aromatic carboxylic acids is 1. The third-order valence-electron chi connectivity index (χ3n) is 5.18. The summed E-state index contributed by atoms with van der Waals surface area (Å²) in [5, 5.41) is 11.3. The lowest BCUT2D eigenvalue weighted by molar-refractivity contribution is -0.255. The largest absolute Gasteiger partial charge is 0.545 e. The molecule has 0 N–H and O–H groups in total. The normalized spacial score (nSPS) is 19.7. The minimum atomic E-state index is -1.11. The first-order valence-corrected chi connectivity index (χ1v) is 7.78. The summed E-state index contributed by atoms with van der Waals surface area (Å²) in [4.78, 5) is 11.3. The van der Waals surface area contributed by atoms with Gasteiger partial charge in [0.05, 0.1) is 5.97 Å². The molecular formula is C21H13O2-. The van der Waals surface area contributed by atoms with Gasteiger partial charge in [-0.2, -0.15) is 0 Å². The highest BCUT2D eigenvalue weighted by Gasteiger charge is 2.40. The van der Waals surface area contributed by atoms with E-state index in [9.17, 15) is 9.90 Å². The quantitative estimate of drug-likeness (QED) is 0.477. The number of benzene rings is 3. The minimum absolute atomic E-state index is 0.113. The van der Waals surface area contributed by atoms with Gasteiger partial charge in [-0.1, -0.05) is 60.7 Å². The molecule has 6 rings (SSSR count). The van der Waals surface area contributed by atoms with Gasteiger partial charge in [0.2, 0.25) is 0 Å². The average Bonchev–Trinajstić information content (AvgIpc) is 2.60. The Morgan fingerprint density at radius 3 is 1.57 bits per heavy atom. The number of carbonyl (C=O) groups is 1. The van der Waals surface area contributed by atoms with Crippen molar-refractivity contribution in [2.45, 2.75) is 11.8 Å². The van der Waals surface area contributed by atoms with E-state index in [-0.39, 0.29) is 17.4 Å². The van der Waals surface area contributed by atoms with Crippen LogP contribution in [0.4, 0.5) is 0 Å². The zero-order chi connectivity index (χ0) is 15.6. The number of rotatable bonds is 1. The maximum atomic E-state index is 11.3. The van der Waals surface area contributed by atoms with E-state index in [1.165, 1.54) is 27.8 Å². The van der Waals surface area contributed by atoms with Crippen LogP contribution in [0.2, 0.25) is 0 Å². The van der Waals surface area contributed by atoms with Crippen molar-refractivity contribution in [3.8, 4) is 0 Å². The first-order chi connectivity index (χ1) is 11.3. The van der Waals surface area contributed by atoms with Gasteiger partial charge in [0.15, 0.2) is 0 Å². The molecule has 3 aliphatic carbocycles. The van der Waals surface area contributed by atoms with Crippen molar-refractivity contribution in [3.05, 3.63) is 106 Å². The van der Waals surface area contributed by atoms with Crippen LogP contribution in [-0.4, -0.2) is 5.97 Å². The molecule has 2 bridgehead atoms. The Labute approximate surface area is 134 Å². The molecule has 0 heterocycles. The van der Waals surface area contributed by atoms with E-state index in [2.05, 4.69) is 48.5 Å². The van der Waals surface area contributed by atoms with Crippen molar-refractivity contribution < 1.29 is 9.90 Å². The maximum Gasteiger partial charge on any atom is 0.0715 e. The number of hydrogen-bond donors (Lipinski definition) is 0. The Balaban J connectivity index is 1.86. The van der Waals surface area contributed by atoms with Gasteiger partial charge >= 0.3 is 0 Å². The van der Waals surface area contributed by atoms with Gasteiger partial charge in [-0.3, -0.25) is 0 Å². The lowest BCUT2D eigenvalue weighted by Gasteiger charge is -2.42. The molecule has 0 spiro atoms. The molecule has 0 atom stereocenters. The Morgan fingerprint density at radius 2 is 1.09 bits per heavy atom. The van der Waals surface area contributed by atoms with Crippen LogP contribution >= 0.6 is 0 Å². The van der Waals surface area contributed by atoms with Crippen molar-refractivity contribution in [2.24, 2.45) is 0 Å². The van der Waals surface area contributed by atoms with Crippen LogP contribution in [0.1, 0.15) is 55.6 Å². The third kappa shape index (κ3) is 1.55. The monoisotopic (exact) mass is 297 g/mol. The smallest absolute Gasteiger partial charge is 0.0715 e.